The van der Waals surface area contributed by atoms with Crippen LogP contribution in [0.2, 0.25) is 0 Å². The molecule has 1 rings (SSSR count). The van der Waals surface area contributed by atoms with Crippen molar-refractivity contribution in [2.45, 2.75) is 6.92 Å². The van der Waals surface area contributed by atoms with Gasteiger partial charge in [-0.15, -0.1) is 11.3 Å². The Morgan fingerprint density at radius 1 is 1.46 bits per heavy atom. The van der Waals surface area contributed by atoms with Gasteiger partial charge in [0.25, 0.3) is 5.91 Å². The van der Waals surface area contributed by atoms with E-state index in [1.807, 2.05) is 18.4 Å². The van der Waals surface area contributed by atoms with E-state index in [1.165, 1.54) is 11.3 Å². The highest BCUT2D eigenvalue weighted by Crippen LogP contribution is 2.14. The van der Waals surface area contributed by atoms with Crippen molar-refractivity contribution < 1.29 is 9.59 Å². The molecule has 6 heteroatoms. The highest BCUT2D eigenvalue weighted by molar-refractivity contribution is 7.12. The third-order valence-electron chi connectivity index (χ3n) is 1.37. The van der Waals surface area contributed by atoms with Crippen LogP contribution in [-0.4, -0.2) is 11.9 Å². The smallest absolute Gasteiger partial charge is 0.330 e. The van der Waals surface area contributed by atoms with Crippen molar-refractivity contribution in [2.24, 2.45) is 5.73 Å². The molecule has 0 spiro atoms. The molecule has 1 heterocycles. The normalized spacial score (nSPS) is 9.31. The highest BCUT2D eigenvalue weighted by atomic mass is 32.1. The minimum Gasteiger partial charge on any atom is -0.350 e. The fourth-order valence-electron chi connectivity index (χ4n) is 0.780. The van der Waals surface area contributed by atoms with Crippen LogP contribution >= 0.6 is 11.3 Å². The number of hydrazine groups is 1. The molecule has 0 fully saturated rings. The van der Waals surface area contributed by atoms with Crippen LogP contribution < -0.4 is 16.6 Å². The summed E-state index contributed by atoms with van der Waals surface area (Å²) >= 11 is 1.31. The lowest BCUT2D eigenvalue weighted by Crippen LogP contribution is -2.44. The maximum Gasteiger partial charge on any atom is 0.330 e. The van der Waals surface area contributed by atoms with Crippen molar-refractivity contribution in [1.29, 1.82) is 0 Å². The lowest BCUT2D eigenvalue weighted by Gasteiger charge is -2.02. The molecule has 0 atom stereocenters. The van der Waals surface area contributed by atoms with Gasteiger partial charge in [0.1, 0.15) is 0 Å². The number of primary amides is 1. The van der Waals surface area contributed by atoms with Crippen LogP contribution in [0.3, 0.4) is 0 Å². The van der Waals surface area contributed by atoms with Crippen LogP contribution in [0.25, 0.3) is 0 Å². The van der Waals surface area contributed by atoms with E-state index in [9.17, 15) is 9.59 Å². The molecule has 0 aliphatic carbocycles. The molecule has 70 valence electrons. The van der Waals surface area contributed by atoms with Gasteiger partial charge in [-0.1, -0.05) is 0 Å². The first kappa shape index (κ1) is 9.53. The molecule has 13 heavy (non-hydrogen) atoms. The van der Waals surface area contributed by atoms with Crippen LogP contribution in [0.1, 0.15) is 15.2 Å². The lowest BCUT2D eigenvalue weighted by molar-refractivity contribution is 0.0941. The second-order valence-electron chi connectivity index (χ2n) is 2.38. The van der Waals surface area contributed by atoms with Gasteiger partial charge in [0, 0.05) is 0 Å². The van der Waals surface area contributed by atoms with E-state index < -0.39 is 6.03 Å². The monoisotopic (exact) mass is 199 g/mol. The van der Waals surface area contributed by atoms with E-state index in [-0.39, 0.29) is 5.91 Å². The van der Waals surface area contributed by atoms with Gasteiger partial charge < -0.3 is 5.73 Å². The van der Waals surface area contributed by atoms with Crippen LogP contribution in [0.15, 0.2) is 11.4 Å². The van der Waals surface area contributed by atoms with Gasteiger partial charge in [-0.3, -0.25) is 10.2 Å². The van der Waals surface area contributed by atoms with Crippen molar-refractivity contribution in [1.82, 2.24) is 10.9 Å². The first-order chi connectivity index (χ1) is 6.11. The summed E-state index contributed by atoms with van der Waals surface area (Å²) in [4.78, 5) is 22.1. The van der Waals surface area contributed by atoms with Gasteiger partial charge in [-0.05, 0) is 23.9 Å². The van der Waals surface area contributed by atoms with Crippen molar-refractivity contribution in [3.63, 3.8) is 0 Å². The Morgan fingerprint density at radius 2 is 2.15 bits per heavy atom. The SMILES string of the molecule is Cc1ccsc1C(=O)NNC(N)=O. The zero-order valence-corrected chi connectivity index (χ0v) is 7.77. The molecule has 5 nitrogen and oxygen atoms in total. The summed E-state index contributed by atoms with van der Waals surface area (Å²) in [5, 5.41) is 1.80. The number of amides is 3. The molecule has 1 aromatic heterocycles. The number of nitrogens with two attached hydrogens (primary N) is 1. The number of hydrogen-bond acceptors (Lipinski definition) is 3. The number of thiophene rings is 1. The molecular weight excluding hydrogens is 190 g/mol. The topological polar surface area (TPSA) is 84.2 Å². The van der Waals surface area contributed by atoms with E-state index >= 15 is 0 Å². The minimum atomic E-state index is -0.789. The molecular formula is C7H9N3O2S. The Morgan fingerprint density at radius 3 is 2.62 bits per heavy atom. The molecule has 4 N–H and O–H groups in total. The summed E-state index contributed by atoms with van der Waals surface area (Å²) in [6, 6.07) is 1.03. The van der Waals surface area contributed by atoms with Gasteiger partial charge in [-0.25, -0.2) is 10.2 Å². The molecule has 3 amide bonds. The minimum absolute atomic E-state index is 0.355. The molecule has 0 radical (unpaired) electrons. The van der Waals surface area contributed by atoms with Gasteiger partial charge in [-0.2, -0.15) is 0 Å². The van der Waals surface area contributed by atoms with Gasteiger partial charge in [0.15, 0.2) is 0 Å². The number of urea groups is 1. The van der Waals surface area contributed by atoms with E-state index in [4.69, 9.17) is 5.73 Å². The Bertz CT molecular complexity index is 334. The van der Waals surface area contributed by atoms with Crippen molar-refractivity contribution >= 4 is 23.3 Å². The summed E-state index contributed by atoms with van der Waals surface area (Å²) < 4.78 is 0. The van der Waals surface area contributed by atoms with E-state index in [0.717, 1.165) is 5.56 Å². The Balaban J connectivity index is 2.59. The molecule has 0 unspecified atom stereocenters. The van der Waals surface area contributed by atoms with Gasteiger partial charge in [0.05, 0.1) is 4.88 Å². The maximum atomic E-state index is 11.3. The summed E-state index contributed by atoms with van der Waals surface area (Å²) in [5.41, 5.74) is 9.82. The van der Waals surface area contributed by atoms with E-state index in [0.29, 0.717) is 4.88 Å². The average Bonchev–Trinajstić information content (AvgIpc) is 2.47. The van der Waals surface area contributed by atoms with Crippen molar-refractivity contribution in [3.8, 4) is 0 Å². The van der Waals surface area contributed by atoms with Crippen LogP contribution in [0, 0.1) is 6.92 Å². The van der Waals surface area contributed by atoms with Crippen LogP contribution in [-0.2, 0) is 0 Å². The Labute approximate surface area is 78.9 Å². The van der Waals surface area contributed by atoms with Gasteiger partial charge >= 0.3 is 6.03 Å². The average molecular weight is 199 g/mol. The number of hydrogen-bond donors (Lipinski definition) is 3. The van der Waals surface area contributed by atoms with E-state index in [2.05, 4.69) is 5.43 Å². The maximum absolute atomic E-state index is 11.3. The summed E-state index contributed by atoms with van der Waals surface area (Å²) in [6.07, 6.45) is 0. The zero-order chi connectivity index (χ0) is 9.84. The van der Waals surface area contributed by atoms with Crippen LogP contribution in [0.5, 0.6) is 0 Å². The third kappa shape index (κ3) is 2.45. The van der Waals surface area contributed by atoms with Gasteiger partial charge in [0.2, 0.25) is 0 Å². The summed E-state index contributed by atoms with van der Waals surface area (Å²) in [7, 11) is 0. The first-order valence-electron chi connectivity index (χ1n) is 3.51. The summed E-state index contributed by atoms with van der Waals surface area (Å²) in [5.74, 6) is -0.355. The molecule has 0 aliphatic rings. The first-order valence-corrected chi connectivity index (χ1v) is 4.39. The summed E-state index contributed by atoms with van der Waals surface area (Å²) in [6.45, 7) is 1.82. The third-order valence-corrected chi connectivity index (χ3v) is 2.38. The number of carbonyl (C=O) groups is 2. The standard InChI is InChI=1S/C7H9N3O2S/c1-4-2-3-13-5(4)6(11)9-10-7(8)12/h2-3H,1H3,(H,9,11)(H3,8,10,12). The highest BCUT2D eigenvalue weighted by Gasteiger charge is 2.09. The number of carbonyl (C=O) groups excluding carboxylic acids is 2. The number of aryl methyl sites for hydroxylation is 1. The molecule has 1 aromatic rings. The van der Waals surface area contributed by atoms with Crippen molar-refractivity contribution in [3.05, 3.63) is 21.9 Å². The van der Waals surface area contributed by atoms with E-state index in [1.54, 1.807) is 5.38 Å². The number of rotatable bonds is 1. The Kier molecular flexibility index (Phi) is 2.86. The quantitative estimate of drug-likeness (QED) is 0.571. The molecule has 0 saturated heterocycles. The molecule has 0 saturated carbocycles. The molecule has 0 bridgehead atoms. The second kappa shape index (κ2) is 3.90. The largest absolute Gasteiger partial charge is 0.350 e. The van der Waals surface area contributed by atoms with Crippen LogP contribution in [0.4, 0.5) is 4.79 Å². The van der Waals surface area contributed by atoms with Crippen molar-refractivity contribution in [2.75, 3.05) is 0 Å². The fraction of sp³-hybridized carbons (Fsp3) is 0.143. The lowest BCUT2D eigenvalue weighted by atomic mass is 10.3. The Hall–Kier alpha value is -1.56. The zero-order valence-electron chi connectivity index (χ0n) is 6.96. The second-order valence-corrected chi connectivity index (χ2v) is 3.29. The number of nitrogens with one attached hydrogen (secondary N) is 2. The molecule has 0 aliphatic heterocycles. The molecule has 0 aromatic carbocycles. The predicted molar refractivity (Wildman–Crippen MR) is 49.2 cm³/mol. The fourth-order valence-corrected chi connectivity index (χ4v) is 1.60. The predicted octanol–water partition coefficient (Wildman–Crippen LogP) is 0.370.